The van der Waals surface area contributed by atoms with Gasteiger partial charge in [-0.05, 0) is 49.4 Å². The van der Waals surface area contributed by atoms with Crippen molar-refractivity contribution >= 4 is 11.7 Å². The Morgan fingerprint density at radius 1 is 1.18 bits per heavy atom. The second-order valence-corrected chi connectivity index (χ2v) is 8.40. The molecule has 1 aromatic carbocycles. The van der Waals surface area contributed by atoms with Crippen LogP contribution in [0.3, 0.4) is 0 Å². The maximum Gasteiger partial charge on any atom is 0.417 e. The van der Waals surface area contributed by atoms with E-state index in [-0.39, 0.29) is 35.6 Å². The van der Waals surface area contributed by atoms with Crippen LogP contribution in [0.15, 0.2) is 42.9 Å². The molecule has 7 nitrogen and oxygen atoms in total. The second kappa shape index (κ2) is 9.40. The van der Waals surface area contributed by atoms with E-state index in [1.807, 2.05) is 6.92 Å². The highest BCUT2D eigenvalue weighted by Crippen LogP contribution is 2.31. The van der Waals surface area contributed by atoms with E-state index < -0.39 is 23.5 Å². The Kier molecular flexibility index (Phi) is 6.54. The van der Waals surface area contributed by atoms with Crippen LogP contribution in [-0.4, -0.2) is 49.9 Å². The number of amides is 1. The lowest BCUT2D eigenvalue weighted by Gasteiger charge is -2.40. The van der Waals surface area contributed by atoms with Crippen LogP contribution in [0.4, 0.5) is 23.4 Å². The first-order chi connectivity index (χ1) is 16.2. The minimum atomic E-state index is -4.47. The van der Waals surface area contributed by atoms with Gasteiger partial charge in [-0.3, -0.25) is 4.79 Å². The van der Waals surface area contributed by atoms with Gasteiger partial charge in [0.2, 0.25) is 0 Å². The summed E-state index contributed by atoms with van der Waals surface area (Å²) < 4.78 is 53.4. The number of pyridine rings is 1. The van der Waals surface area contributed by atoms with Gasteiger partial charge in [0, 0.05) is 19.3 Å². The first kappa shape index (κ1) is 23.7. The number of carbonyl (C=O) groups excluding carboxylic acids is 1. The molecule has 1 aliphatic rings. The number of rotatable bonds is 5. The Morgan fingerprint density at radius 2 is 1.91 bits per heavy atom. The zero-order chi connectivity index (χ0) is 24.5. The molecule has 0 bridgehead atoms. The van der Waals surface area contributed by atoms with Crippen LogP contribution < -0.4 is 5.32 Å². The predicted octanol–water partition coefficient (Wildman–Crippen LogP) is 4.48. The first-order valence-electron chi connectivity index (χ1n) is 10.9. The summed E-state index contributed by atoms with van der Waals surface area (Å²) in [6.45, 7) is 4.43. The third kappa shape index (κ3) is 4.73. The average molecular weight is 476 g/mol. The highest BCUT2D eigenvalue weighted by molar-refractivity contribution is 5.98. The van der Waals surface area contributed by atoms with Crippen LogP contribution in [-0.2, 0) is 6.18 Å². The highest BCUT2D eigenvalue weighted by Gasteiger charge is 2.35. The van der Waals surface area contributed by atoms with E-state index in [1.165, 1.54) is 29.3 Å². The number of anilines is 1. The molecule has 0 spiro atoms. The molecule has 180 valence electrons. The molecule has 1 amide bonds. The smallest absolute Gasteiger partial charge is 0.368 e. The van der Waals surface area contributed by atoms with E-state index in [0.717, 1.165) is 25.1 Å². The molecular weight excluding hydrogens is 452 g/mol. The molecule has 1 fully saturated rings. The lowest BCUT2D eigenvalue weighted by molar-refractivity contribution is -0.137. The number of carbonyl (C=O) groups is 1. The van der Waals surface area contributed by atoms with Crippen molar-refractivity contribution in [3.63, 3.8) is 0 Å². The summed E-state index contributed by atoms with van der Waals surface area (Å²) >= 11 is 0. The molecule has 3 heterocycles. The van der Waals surface area contributed by atoms with Gasteiger partial charge in [-0.2, -0.15) is 28.2 Å². The molecule has 0 unspecified atom stereocenters. The van der Waals surface area contributed by atoms with Crippen molar-refractivity contribution < 1.29 is 22.4 Å². The monoisotopic (exact) mass is 476 g/mol. The Morgan fingerprint density at radius 3 is 2.56 bits per heavy atom. The van der Waals surface area contributed by atoms with Crippen molar-refractivity contribution in [2.45, 2.75) is 38.9 Å². The Labute approximate surface area is 193 Å². The highest BCUT2D eigenvalue weighted by atomic mass is 19.4. The third-order valence-electron chi connectivity index (χ3n) is 6.12. The number of nitrogens with one attached hydrogen (secondary N) is 1. The van der Waals surface area contributed by atoms with Crippen LogP contribution in [0.25, 0.3) is 5.69 Å². The molecule has 3 aromatic rings. The van der Waals surface area contributed by atoms with Crippen LogP contribution in [0, 0.1) is 18.7 Å². The Hall–Kier alpha value is -3.50. The van der Waals surface area contributed by atoms with Crippen molar-refractivity contribution in [3.05, 3.63) is 65.4 Å². The van der Waals surface area contributed by atoms with E-state index in [2.05, 4.69) is 20.5 Å². The van der Waals surface area contributed by atoms with Gasteiger partial charge >= 0.3 is 6.18 Å². The lowest BCUT2D eigenvalue weighted by atomic mass is 9.89. The number of piperidine rings is 1. The number of halogens is 4. The normalized spacial score (nSPS) is 18.7. The van der Waals surface area contributed by atoms with Gasteiger partial charge < -0.3 is 10.2 Å². The van der Waals surface area contributed by atoms with Gasteiger partial charge in [0.15, 0.2) is 0 Å². The standard InChI is InChI=1S/C23H24F4N6O/c1-14-4-3-11-32(18(14)13-29-19-8-6-16(12-28-19)23(25,26)27)22(34)20-17(24)7-5-15(2)21(20)33-30-9-10-31-33/h5-10,12,14,18H,3-4,11,13H2,1-2H3,(H,28,29)/t14-,18-/m1/s1. The summed E-state index contributed by atoms with van der Waals surface area (Å²) in [4.78, 5) is 20.4. The number of hydrogen-bond donors (Lipinski definition) is 1. The average Bonchev–Trinajstić information content (AvgIpc) is 3.33. The van der Waals surface area contributed by atoms with E-state index in [0.29, 0.717) is 12.1 Å². The zero-order valence-electron chi connectivity index (χ0n) is 18.7. The summed E-state index contributed by atoms with van der Waals surface area (Å²) in [6, 6.07) is 4.71. The van der Waals surface area contributed by atoms with E-state index in [9.17, 15) is 18.0 Å². The molecule has 11 heteroatoms. The molecule has 1 N–H and O–H groups in total. The van der Waals surface area contributed by atoms with Crippen molar-refractivity contribution in [2.24, 2.45) is 5.92 Å². The first-order valence-corrected chi connectivity index (χ1v) is 10.9. The fourth-order valence-corrected chi connectivity index (χ4v) is 4.29. The molecule has 2 aromatic heterocycles. The number of aryl methyl sites for hydroxylation is 1. The van der Waals surface area contributed by atoms with Crippen molar-refractivity contribution in [2.75, 3.05) is 18.4 Å². The Balaban J connectivity index is 1.60. The van der Waals surface area contributed by atoms with E-state index >= 15 is 4.39 Å². The summed E-state index contributed by atoms with van der Waals surface area (Å²) in [5, 5.41) is 11.2. The summed E-state index contributed by atoms with van der Waals surface area (Å²) in [5.74, 6) is -0.801. The molecule has 1 saturated heterocycles. The van der Waals surface area contributed by atoms with Gasteiger partial charge in [0.1, 0.15) is 22.9 Å². The summed E-state index contributed by atoms with van der Waals surface area (Å²) in [6.07, 6.45) is 0.814. The SMILES string of the molecule is Cc1ccc(F)c(C(=O)N2CCC[C@@H](C)[C@H]2CNc2ccc(C(F)(F)F)cn2)c1-n1nccn1. The maximum absolute atomic E-state index is 15.0. The van der Waals surface area contributed by atoms with E-state index in [1.54, 1.807) is 17.9 Å². The van der Waals surface area contributed by atoms with Gasteiger partial charge in [-0.25, -0.2) is 9.37 Å². The zero-order valence-corrected chi connectivity index (χ0v) is 18.7. The number of likely N-dealkylation sites (tertiary alicyclic amines) is 1. The van der Waals surface area contributed by atoms with Gasteiger partial charge in [-0.1, -0.05) is 13.0 Å². The predicted molar refractivity (Wildman–Crippen MR) is 117 cm³/mol. The number of alkyl halides is 3. The number of nitrogens with zero attached hydrogens (tertiary/aromatic N) is 5. The van der Waals surface area contributed by atoms with Crippen LogP contribution >= 0.6 is 0 Å². The maximum atomic E-state index is 15.0. The van der Waals surface area contributed by atoms with E-state index in [4.69, 9.17) is 0 Å². The minimum Gasteiger partial charge on any atom is -0.368 e. The molecule has 2 atom stereocenters. The molecule has 4 rings (SSSR count). The third-order valence-corrected chi connectivity index (χ3v) is 6.12. The Bertz CT molecular complexity index is 1150. The van der Waals surface area contributed by atoms with Gasteiger partial charge in [-0.15, -0.1) is 0 Å². The van der Waals surface area contributed by atoms with Gasteiger partial charge in [0.05, 0.1) is 24.0 Å². The second-order valence-electron chi connectivity index (χ2n) is 8.40. The summed E-state index contributed by atoms with van der Waals surface area (Å²) in [7, 11) is 0. The molecule has 34 heavy (non-hydrogen) atoms. The van der Waals surface area contributed by atoms with Crippen molar-refractivity contribution in [1.29, 1.82) is 0 Å². The number of hydrogen-bond acceptors (Lipinski definition) is 5. The minimum absolute atomic E-state index is 0.0822. The fourth-order valence-electron chi connectivity index (χ4n) is 4.29. The largest absolute Gasteiger partial charge is 0.417 e. The quantitative estimate of drug-likeness (QED) is 0.550. The van der Waals surface area contributed by atoms with Crippen molar-refractivity contribution in [1.82, 2.24) is 24.9 Å². The van der Waals surface area contributed by atoms with Crippen LogP contribution in [0.2, 0.25) is 0 Å². The molecular formula is C23H24F4N6O. The molecule has 0 radical (unpaired) electrons. The molecule has 1 aliphatic heterocycles. The molecule has 0 aliphatic carbocycles. The van der Waals surface area contributed by atoms with Gasteiger partial charge in [0.25, 0.3) is 5.91 Å². The van der Waals surface area contributed by atoms with Crippen molar-refractivity contribution in [3.8, 4) is 5.69 Å². The number of aromatic nitrogens is 4. The van der Waals surface area contributed by atoms with Crippen LogP contribution in [0.1, 0.15) is 41.3 Å². The lowest BCUT2D eigenvalue weighted by Crippen LogP contribution is -2.51. The number of benzene rings is 1. The topological polar surface area (TPSA) is 75.9 Å². The molecule has 0 saturated carbocycles. The fraction of sp³-hybridized carbons (Fsp3) is 0.391. The summed E-state index contributed by atoms with van der Waals surface area (Å²) in [5.41, 5.74) is -0.0162. The van der Waals surface area contributed by atoms with Crippen LogP contribution in [0.5, 0.6) is 0 Å².